The molecule has 3 rings (SSSR count). The van der Waals surface area contributed by atoms with Gasteiger partial charge < -0.3 is 20.3 Å². The largest absolute Gasteiger partial charge is 0.416 e. The van der Waals surface area contributed by atoms with Crippen LogP contribution >= 0.6 is 24.0 Å². The summed E-state index contributed by atoms with van der Waals surface area (Å²) in [5.41, 5.74) is 1.46. The van der Waals surface area contributed by atoms with Crippen molar-refractivity contribution < 1.29 is 22.7 Å². The summed E-state index contributed by atoms with van der Waals surface area (Å²) in [4.78, 5) is 17.5. The summed E-state index contributed by atoms with van der Waals surface area (Å²) in [6.07, 6.45) is -4.88. The quantitative estimate of drug-likeness (QED) is 0.329. The highest BCUT2D eigenvalue weighted by Crippen LogP contribution is 2.32. The molecule has 1 saturated heterocycles. The summed E-state index contributed by atoms with van der Waals surface area (Å²) in [7, 11) is 1.66. The third-order valence-corrected chi connectivity index (χ3v) is 4.86. The van der Waals surface area contributed by atoms with Crippen LogP contribution in [0.1, 0.15) is 29.7 Å². The van der Waals surface area contributed by atoms with Crippen LogP contribution < -0.4 is 10.6 Å². The van der Waals surface area contributed by atoms with Crippen molar-refractivity contribution in [2.45, 2.75) is 25.7 Å². The van der Waals surface area contributed by atoms with Gasteiger partial charge in [0.25, 0.3) is 0 Å². The summed E-state index contributed by atoms with van der Waals surface area (Å²) >= 11 is 0. The molecule has 0 aromatic heterocycles. The molecule has 1 heterocycles. The molecule has 0 aliphatic carbocycles. The number of halogens is 4. The molecular formula is C22H26F3IN4O2. The first-order valence-electron chi connectivity index (χ1n) is 9.87. The van der Waals surface area contributed by atoms with E-state index in [0.717, 1.165) is 17.7 Å². The number of morpholine rings is 1. The second-order valence-corrected chi connectivity index (χ2v) is 7.21. The van der Waals surface area contributed by atoms with Crippen molar-refractivity contribution in [3.05, 3.63) is 65.2 Å². The first-order chi connectivity index (χ1) is 14.8. The highest BCUT2D eigenvalue weighted by Gasteiger charge is 2.32. The van der Waals surface area contributed by atoms with Crippen LogP contribution in [-0.2, 0) is 22.3 Å². The number of hydrogen-bond acceptors (Lipinski definition) is 3. The van der Waals surface area contributed by atoms with Gasteiger partial charge in [0.05, 0.1) is 18.7 Å². The van der Waals surface area contributed by atoms with Crippen molar-refractivity contribution in [2.75, 3.05) is 32.1 Å². The Morgan fingerprint density at radius 2 is 1.97 bits per heavy atom. The topological polar surface area (TPSA) is 66.0 Å². The Kier molecular flexibility index (Phi) is 9.32. The molecule has 0 bridgehead atoms. The second-order valence-electron chi connectivity index (χ2n) is 7.21. The third kappa shape index (κ3) is 7.09. The first-order valence-corrected chi connectivity index (χ1v) is 9.87. The van der Waals surface area contributed by atoms with Gasteiger partial charge >= 0.3 is 6.18 Å². The van der Waals surface area contributed by atoms with E-state index in [1.807, 2.05) is 23.1 Å². The number of aliphatic imine (C=N–C) groups is 1. The number of anilines is 1. The summed E-state index contributed by atoms with van der Waals surface area (Å²) in [6.45, 7) is 3.26. The summed E-state index contributed by atoms with van der Waals surface area (Å²) in [5.74, 6) is 0.486. The van der Waals surface area contributed by atoms with Crippen LogP contribution in [0.2, 0.25) is 0 Å². The van der Waals surface area contributed by atoms with E-state index in [2.05, 4.69) is 15.6 Å². The minimum Gasteiger partial charge on any atom is -0.370 e. The number of amides is 1. The maximum absolute atomic E-state index is 13.1. The number of carbonyl (C=O) groups excluding carboxylic acids is 1. The SMILES string of the molecule is CN=C(NCc1cccc(NC(C)=O)c1)N1CCOC(c2cccc(C(F)(F)F)c2)C1.I. The molecule has 1 atom stereocenters. The van der Waals surface area contributed by atoms with Gasteiger partial charge in [0.1, 0.15) is 6.10 Å². The smallest absolute Gasteiger partial charge is 0.370 e. The normalized spacial score (nSPS) is 16.8. The van der Waals surface area contributed by atoms with Crippen molar-refractivity contribution in [1.29, 1.82) is 0 Å². The zero-order valence-electron chi connectivity index (χ0n) is 17.8. The van der Waals surface area contributed by atoms with Gasteiger partial charge in [-0.2, -0.15) is 13.2 Å². The molecule has 32 heavy (non-hydrogen) atoms. The molecule has 2 aromatic rings. The standard InChI is InChI=1S/C22H25F3N4O2.HI/c1-15(30)28-19-8-3-5-16(11-19)13-27-21(26-2)29-9-10-31-20(14-29)17-6-4-7-18(12-17)22(23,24)25;/h3-8,11-12,20H,9-10,13-14H2,1-2H3,(H,26,27)(H,28,30);1H. The number of benzene rings is 2. The zero-order chi connectivity index (χ0) is 22.4. The fourth-order valence-corrected chi connectivity index (χ4v) is 3.43. The molecule has 0 radical (unpaired) electrons. The van der Waals surface area contributed by atoms with Crippen molar-refractivity contribution in [3.63, 3.8) is 0 Å². The van der Waals surface area contributed by atoms with Gasteiger partial charge in [0, 0.05) is 32.7 Å². The van der Waals surface area contributed by atoms with Gasteiger partial charge in [-0.1, -0.05) is 24.3 Å². The van der Waals surface area contributed by atoms with Crippen molar-refractivity contribution in [2.24, 2.45) is 4.99 Å². The Morgan fingerprint density at radius 3 is 2.66 bits per heavy atom. The average Bonchev–Trinajstić information content (AvgIpc) is 2.74. The lowest BCUT2D eigenvalue weighted by atomic mass is 10.0. The maximum atomic E-state index is 13.1. The zero-order valence-corrected chi connectivity index (χ0v) is 20.1. The average molecular weight is 562 g/mol. The molecule has 1 aliphatic heterocycles. The van der Waals surface area contributed by atoms with E-state index in [1.54, 1.807) is 19.2 Å². The van der Waals surface area contributed by atoms with Gasteiger partial charge in [-0.25, -0.2) is 0 Å². The Labute approximate surface area is 202 Å². The van der Waals surface area contributed by atoms with Gasteiger partial charge in [0.2, 0.25) is 5.91 Å². The molecule has 0 saturated carbocycles. The Hall–Kier alpha value is -2.34. The van der Waals surface area contributed by atoms with Crippen molar-refractivity contribution >= 4 is 41.5 Å². The molecule has 1 unspecified atom stereocenters. The van der Waals surface area contributed by atoms with E-state index in [0.29, 0.717) is 43.5 Å². The monoisotopic (exact) mass is 562 g/mol. The van der Waals surface area contributed by atoms with Gasteiger partial charge in [-0.3, -0.25) is 9.79 Å². The Morgan fingerprint density at radius 1 is 1.22 bits per heavy atom. The Bertz CT molecular complexity index is 953. The number of ether oxygens (including phenoxy) is 1. The highest BCUT2D eigenvalue weighted by molar-refractivity contribution is 14.0. The van der Waals surface area contributed by atoms with Crippen LogP contribution in [0.25, 0.3) is 0 Å². The second kappa shape index (κ2) is 11.5. The van der Waals surface area contributed by atoms with Gasteiger partial charge in [0.15, 0.2) is 5.96 Å². The van der Waals surface area contributed by atoms with E-state index in [4.69, 9.17) is 4.74 Å². The third-order valence-electron chi connectivity index (χ3n) is 4.86. The van der Waals surface area contributed by atoms with Crippen LogP contribution in [0.5, 0.6) is 0 Å². The lowest BCUT2D eigenvalue weighted by Gasteiger charge is -2.35. The molecule has 6 nitrogen and oxygen atoms in total. The van der Waals surface area contributed by atoms with Crippen LogP contribution in [0.15, 0.2) is 53.5 Å². The van der Waals surface area contributed by atoms with Crippen LogP contribution in [0.3, 0.4) is 0 Å². The minimum atomic E-state index is -4.40. The number of alkyl halides is 3. The lowest BCUT2D eigenvalue weighted by molar-refractivity contribution is -0.137. The van der Waals surface area contributed by atoms with Gasteiger partial charge in [-0.05, 0) is 35.4 Å². The molecule has 174 valence electrons. The maximum Gasteiger partial charge on any atom is 0.416 e. The summed E-state index contributed by atoms with van der Waals surface area (Å²) in [6, 6.07) is 12.7. The van der Waals surface area contributed by atoms with E-state index in [-0.39, 0.29) is 29.9 Å². The van der Waals surface area contributed by atoms with Crippen molar-refractivity contribution in [3.8, 4) is 0 Å². The summed E-state index contributed by atoms with van der Waals surface area (Å²) < 4.78 is 44.9. The Balaban J connectivity index is 0.00000363. The molecule has 1 amide bonds. The van der Waals surface area contributed by atoms with Gasteiger partial charge in [-0.15, -0.1) is 24.0 Å². The minimum absolute atomic E-state index is 0. The number of guanidine groups is 1. The highest BCUT2D eigenvalue weighted by atomic mass is 127. The predicted octanol–water partition coefficient (Wildman–Crippen LogP) is 4.43. The van der Waals surface area contributed by atoms with E-state index >= 15 is 0 Å². The van der Waals surface area contributed by atoms with Crippen LogP contribution in [-0.4, -0.2) is 43.5 Å². The first kappa shape index (κ1) is 25.9. The molecule has 10 heteroatoms. The summed E-state index contributed by atoms with van der Waals surface area (Å²) in [5, 5.41) is 6.02. The molecule has 0 spiro atoms. The number of hydrogen-bond donors (Lipinski definition) is 2. The number of nitrogens with one attached hydrogen (secondary N) is 2. The number of nitrogens with zero attached hydrogens (tertiary/aromatic N) is 2. The molecule has 2 aromatic carbocycles. The molecule has 1 aliphatic rings. The molecular weight excluding hydrogens is 536 g/mol. The van der Waals surface area contributed by atoms with E-state index in [9.17, 15) is 18.0 Å². The fourth-order valence-electron chi connectivity index (χ4n) is 3.43. The van der Waals surface area contributed by atoms with Crippen LogP contribution in [0, 0.1) is 0 Å². The predicted molar refractivity (Wildman–Crippen MR) is 128 cm³/mol. The number of rotatable bonds is 4. The van der Waals surface area contributed by atoms with Crippen molar-refractivity contribution in [1.82, 2.24) is 10.2 Å². The lowest BCUT2D eigenvalue weighted by Crippen LogP contribution is -2.48. The number of carbonyl (C=O) groups is 1. The fraction of sp³-hybridized carbons (Fsp3) is 0.364. The van der Waals surface area contributed by atoms with E-state index in [1.165, 1.54) is 13.0 Å². The molecule has 1 fully saturated rings. The van der Waals surface area contributed by atoms with Crippen LogP contribution in [0.4, 0.5) is 18.9 Å². The van der Waals surface area contributed by atoms with E-state index < -0.39 is 17.8 Å². The molecule has 2 N–H and O–H groups in total.